The highest BCUT2D eigenvalue weighted by atomic mass is 35.5. The molecule has 1 aromatic heterocycles. The molecular weight excluding hydrogens is 384 g/mol. The number of nitrogens with two attached hydrogens (primary N) is 1. The van der Waals surface area contributed by atoms with E-state index in [1.165, 1.54) is 17.4 Å². The number of amides is 1. The van der Waals surface area contributed by atoms with E-state index < -0.39 is 15.9 Å². The summed E-state index contributed by atoms with van der Waals surface area (Å²) in [5.74, 6) is -0.395. The fourth-order valence-corrected chi connectivity index (χ4v) is 4.39. The summed E-state index contributed by atoms with van der Waals surface area (Å²) in [6.07, 6.45) is 1.73. The molecular formula is C15H19ClN4O3S2. The Morgan fingerprint density at radius 3 is 2.72 bits per heavy atom. The number of aromatic nitrogens is 1. The van der Waals surface area contributed by atoms with Gasteiger partial charge in [-0.25, -0.2) is 18.1 Å². The van der Waals surface area contributed by atoms with E-state index in [0.717, 1.165) is 12.8 Å². The number of nitrogens with zero attached hydrogens (tertiary/aromatic N) is 1. The lowest BCUT2D eigenvalue weighted by Crippen LogP contribution is -2.26. The summed E-state index contributed by atoms with van der Waals surface area (Å²) in [7, 11) is -3.58. The molecule has 136 valence electrons. The Kier molecular flexibility index (Phi) is 6.17. The molecule has 1 aromatic carbocycles. The number of anilines is 1. The molecule has 0 unspecified atom stereocenters. The Morgan fingerprint density at radius 2 is 2.12 bits per heavy atom. The Morgan fingerprint density at radius 1 is 1.40 bits per heavy atom. The zero-order chi connectivity index (χ0) is 17.3. The van der Waals surface area contributed by atoms with Crippen molar-refractivity contribution in [3.05, 3.63) is 39.8 Å². The number of halogens is 1. The van der Waals surface area contributed by atoms with E-state index in [9.17, 15) is 13.2 Å². The normalized spacial score (nSPS) is 14.0. The van der Waals surface area contributed by atoms with Gasteiger partial charge in [0.05, 0.1) is 4.90 Å². The number of carbonyl (C=O) groups excluding carboxylic acids is 1. The van der Waals surface area contributed by atoms with Gasteiger partial charge in [-0.3, -0.25) is 4.79 Å². The van der Waals surface area contributed by atoms with E-state index in [4.69, 9.17) is 5.73 Å². The van der Waals surface area contributed by atoms with E-state index >= 15 is 0 Å². The summed E-state index contributed by atoms with van der Waals surface area (Å²) in [6.45, 7) is 2.00. The maximum Gasteiger partial charge on any atom is 0.275 e. The maximum absolute atomic E-state index is 12.4. The summed E-state index contributed by atoms with van der Waals surface area (Å²) < 4.78 is 27.5. The summed E-state index contributed by atoms with van der Waals surface area (Å²) in [5, 5.41) is 4.97. The van der Waals surface area contributed by atoms with Gasteiger partial charge < -0.3 is 11.1 Å². The Bertz CT molecular complexity index is 879. The molecule has 2 aromatic rings. The third-order valence-corrected chi connectivity index (χ3v) is 6.13. The van der Waals surface area contributed by atoms with Crippen LogP contribution in [0.2, 0.25) is 0 Å². The number of hydrogen-bond donors (Lipinski definition) is 3. The monoisotopic (exact) mass is 402 g/mol. The fourth-order valence-electron chi connectivity index (χ4n) is 2.16. The first-order valence-corrected chi connectivity index (χ1v) is 9.84. The van der Waals surface area contributed by atoms with Gasteiger partial charge in [0.1, 0.15) is 10.7 Å². The lowest BCUT2D eigenvalue weighted by molar-refractivity contribution is 0.102. The average molecular weight is 403 g/mol. The molecule has 1 aliphatic rings. The molecule has 4 N–H and O–H groups in total. The third-order valence-electron chi connectivity index (χ3n) is 3.59. The zero-order valence-electron chi connectivity index (χ0n) is 13.5. The number of hydrogen-bond acceptors (Lipinski definition) is 6. The van der Waals surface area contributed by atoms with Crippen LogP contribution in [-0.4, -0.2) is 25.4 Å². The van der Waals surface area contributed by atoms with Crippen molar-refractivity contribution in [2.24, 2.45) is 5.73 Å². The van der Waals surface area contributed by atoms with E-state index in [1.807, 2.05) is 0 Å². The van der Waals surface area contributed by atoms with Gasteiger partial charge in [-0.1, -0.05) is 6.07 Å². The van der Waals surface area contributed by atoms with Crippen LogP contribution in [-0.2, 0) is 16.6 Å². The highest BCUT2D eigenvalue weighted by Crippen LogP contribution is 2.25. The van der Waals surface area contributed by atoms with Crippen LogP contribution in [0.1, 0.15) is 33.9 Å². The van der Waals surface area contributed by atoms with E-state index in [-0.39, 0.29) is 35.6 Å². The molecule has 0 spiro atoms. The topological polar surface area (TPSA) is 114 Å². The molecule has 1 fully saturated rings. The molecule has 1 aliphatic carbocycles. The van der Waals surface area contributed by atoms with Crippen molar-refractivity contribution < 1.29 is 13.2 Å². The van der Waals surface area contributed by atoms with Crippen molar-refractivity contribution in [2.45, 2.75) is 37.2 Å². The second-order valence-electron chi connectivity index (χ2n) is 5.66. The van der Waals surface area contributed by atoms with E-state index in [2.05, 4.69) is 15.0 Å². The molecule has 0 atom stereocenters. The quantitative estimate of drug-likeness (QED) is 0.683. The van der Waals surface area contributed by atoms with Crippen LogP contribution in [0.5, 0.6) is 0 Å². The highest BCUT2D eigenvalue weighted by molar-refractivity contribution is 7.89. The lowest BCUT2D eigenvalue weighted by Gasteiger charge is -2.11. The third kappa shape index (κ3) is 4.77. The second kappa shape index (κ2) is 7.79. The van der Waals surface area contributed by atoms with Gasteiger partial charge in [-0.15, -0.1) is 23.7 Å². The van der Waals surface area contributed by atoms with Gasteiger partial charge in [0, 0.05) is 23.7 Å². The van der Waals surface area contributed by atoms with Gasteiger partial charge >= 0.3 is 0 Å². The second-order valence-corrected chi connectivity index (χ2v) is 8.29. The average Bonchev–Trinajstić information content (AvgIpc) is 3.20. The van der Waals surface area contributed by atoms with Gasteiger partial charge in [-0.05, 0) is 37.5 Å². The fraction of sp³-hybridized carbons (Fsp3) is 0.333. The predicted octanol–water partition coefficient (Wildman–Crippen LogP) is 2.03. The Labute approximate surface area is 156 Å². The van der Waals surface area contributed by atoms with Crippen LogP contribution in [0.25, 0.3) is 0 Å². The number of sulfonamides is 1. The maximum atomic E-state index is 12.4. The van der Waals surface area contributed by atoms with Crippen molar-refractivity contribution >= 4 is 45.4 Å². The molecule has 10 heteroatoms. The number of benzene rings is 1. The first kappa shape index (κ1) is 19.8. The van der Waals surface area contributed by atoms with Crippen LogP contribution in [0.15, 0.2) is 28.5 Å². The van der Waals surface area contributed by atoms with Crippen LogP contribution in [0.3, 0.4) is 0 Å². The number of rotatable bonds is 6. The number of thiazole rings is 1. The minimum atomic E-state index is -3.58. The van der Waals surface area contributed by atoms with E-state index in [1.54, 1.807) is 24.4 Å². The zero-order valence-corrected chi connectivity index (χ0v) is 15.9. The summed E-state index contributed by atoms with van der Waals surface area (Å²) >= 11 is 1.31. The largest absolute Gasteiger partial charge is 0.325 e. The molecule has 0 aliphatic heterocycles. The van der Waals surface area contributed by atoms with Crippen LogP contribution in [0, 0.1) is 6.92 Å². The summed E-state index contributed by atoms with van der Waals surface area (Å²) in [4.78, 5) is 16.5. The van der Waals surface area contributed by atoms with Crippen molar-refractivity contribution in [2.75, 3.05) is 5.32 Å². The smallest absolute Gasteiger partial charge is 0.275 e. The molecule has 1 heterocycles. The van der Waals surface area contributed by atoms with Gasteiger partial charge in [-0.2, -0.15) is 0 Å². The number of carbonyl (C=O) groups is 1. The highest BCUT2D eigenvalue weighted by Gasteiger charge is 2.29. The minimum Gasteiger partial charge on any atom is -0.325 e. The Hall–Kier alpha value is -1.52. The first-order chi connectivity index (χ1) is 11.4. The van der Waals surface area contributed by atoms with E-state index in [0.29, 0.717) is 16.3 Å². The molecule has 25 heavy (non-hydrogen) atoms. The van der Waals surface area contributed by atoms with Gasteiger partial charge in [0.15, 0.2) is 0 Å². The molecule has 7 nitrogen and oxygen atoms in total. The van der Waals surface area contributed by atoms with Crippen LogP contribution < -0.4 is 15.8 Å². The molecule has 0 saturated heterocycles. The standard InChI is InChI=1S/C15H18N4O3S2.ClH/c1-9-2-3-11(6-13(9)24(21,22)19-10-4-5-10)17-15(20)12-8-23-14(7-16)18-12;/h2-3,6,8,10,19H,4-5,7,16H2,1H3,(H,17,20);1H. The molecule has 1 saturated carbocycles. The lowest BCUT2D eigenvalue weighted by atomic mass is 10.2. The van der Waals surface area contributed by atoms with Crippen LogP contribution in [0.4, 0.5) is 5.69 Å². The predicted molar refractivity (Wildman–Crippen MR) is 99.7 cm³/mol. The minimum absolute atomic E-state index is 0. The molecule has 0 radical (unpaired) electrons. The first-order valence-electron chi connectivity index (χ1n) is 7.48. The summed E-state index contributed by atoms with van der Waals surface area (Å²) in [5.41, 5.74) is 6.78. The van der Waals surface area contributed by atoms with Crippen molar-refractivity contribution in [3.8, 4) is 0 Å². The summed E-state index contributed by atoms with van der Waals surface area (Å²) in [6, 6.07) is 4.83. The van der Waals surface area contributed by atoms with Gasteiger partial charge in [0.2, 0.25) is 10.0 Å². The molecule has 1 amide bonds. The number of nitrogens with one attached hydrogen (secondary N) is 2. The SMILES string of the molecule is Cc1ccc(NC(=O)c2csc(CN)n2)cc1S(=O)(=O)NC1CC1.Cl. The van der Waals surface area contributed by atoms with Crippen molar-refractivity contribution in [1.29, 1.82) is 0 Å². The van der Waals surface area contributed by atoms with Crippen molar-refractivity contribution in [3.63, 3.8) is 0 Å². The molecule has 0 bridgehead atoms. The van der Waals surface area contributed by atoms with Crippen LogP contribution >= 0.6 is 23.7 Å². The molecule has 3 rings (SSSR count). The number of aryl methyl sites for hydroxylation is 1. The van der Waals surface area contributed by atoms with Crippen molar-refractivity contribution in [1.82, 2.24) is 9.71 Å². The Balaban J connectivity index is 0.00000225. The van der Waals surface area contributed by atoms with Gasteiger partial charge in [0.25, 0.3) is 5.91 Å².